The molecule has 6 heteroatoms. The molecule has 0 radical (unpaired) electrons. The summed E-state index contributed by atoms with van der Waals surface area (Å²) in [7, 11) is 0. The van der Waals surface area contributed by atoms with Crippen LogP contribution in [0.5, 0.6) is 0 Å². The predicted molar refractivity (Wildman–Crippen MR) is 29.7 cm³/mol. The molecule has 0 rings (SSSR count). The van der Waals surface area contributed by atoms with Crippen LogP contribution in [-0.4, -0.2) is 21.9 Å². The molecule has 0 aromatic carbocycles. The maximum absolute atomic E-state index is 9.61. The van der Waals surface area contributed by atoms with Gasteiger partial charge in [0.05, 0.1) is 18.0 Å². The molecule has 1 atom stereocenters. The van der Waals surface area contributed by atoms with Gasteiger partial charge in [-0.15, -0.1) is 0 Å². The molecule has 0 aromatic rings. The van der Waals surface area contributed by atoms with Gasteiger partial charge in [-0.1, -0.05) is 0 Å². The second kappa shape index (κ2) is 9.03. The molecule has 0 aliphatic rings. The van der Waals surface area contributed by atoms with E-state index in [-0.39, 0.29) is 37.6 Å². The van der Waals surface area contributed by atoms with Gasteiger partial charge in [-0.3, -0.25) is 0 Å². The van der Waals surface area contributed by atoms with Crippen LogP contribution in [0.25, 0.3) is 0 Å². The number of hydrogen-bond donors (Lipinski definition) is 1. The third-order valence-electron chi connectivity index (χ3n) is 0.528. The third kappa shape index (κ3) is 12.3. The molecular weight excluding hydrogens is 153 g/mol. The summed E-state index contributed by atoms with van der Waals surface area (Å²) in [5.41, 5.74) is 5.03. The monoisotopic (exact) mass is 162 g/mol. The average Bonchev–Trinajstić information content (AvgIpc) is 1.66. The summed E-state index contributed by atoms with van der Waals surface area (Å²) in [6.45, 7) is 0.643. The molecule has 0 saturated heterocycles. The van der Waals surface area contributed by atoms with E-state index in [2.05, 4.69) is 4.18 Å². The fraction of sp³-hybridized carbons (Fsp3) is 1.00. The van der Waals surface area contributed by atoms with Gasteiger partial charge in [0.25, 0.3) is 0 Å². The summed E-state index contributed by atoms with van der Waals surface area (Å²) >= 11 is -2.37. The summed E-state index contributed by atoms with van der Waals surface area (Å²) in [5.74, 6) is 0. The Balaban J connectivity index is -0.000000245. The minimum Gasteiger partial charge on any atom is -1.00 e. The van der Waals surface area contributed by atoms with Crippen LogP contribution < -0.4 is 35.3 Å². The second-order valence-corrected chi connectivity index (χ2v) is 1.81. The first-order chi connectivity index (χ1) is 3.77. The largest absolute Gasteiger partial charge is 1.00 e. The summed E-state index contributed by atoms with van der Waals surface area (Å²) in [6.07, 6.45) is 0.577. The molecule has 0 spiro atoms. The normalized spacial score (nSPS) is 12.2. The Kier molecular flexibility index (Phi) is 12.7. The first kappa shape index (κ1) is 12.7. The predicted octanol–water partition coefficient (Wildman–Crippen LogP) is -3.74. The van der Waals surface area contributed by atoms with E-state index >= 15 is 0 Å². The van der Waals surface area contributed by atoms with Gasteiger partial charge in [0, 0.05) is 0 Å². The average molecular weight is 162 g/mol. The number of hydrogen-bond acceptors (Lipinski definition) is 4. The van der Waals surface area contributed by atoms with Crippen LogP contribution in [-0.2, 0) is 15.5 Å². The summed E-state index contributed by atoms with van der Waals surface area (Å²) < 4.78 is 23.3. The van der Waals surface area contributed by atoms with Gasteiger partial charge in [-0.05, 0) is 13.0 Å². The van der Waals surface area contributed by atoms with E-state index in [9.17, 15) is 8.76 Å². The Morgan fingerprint density at radius 1 is 1.78 bits per heavy atom. The Morgan fingerprint density at radius 2 is 2.33 bits per heavy atom. The van der Waals surface area contributed by atoms with Crippen molar-refractivity contribution in [2.24, 2.45) is 5.73 Å². The standard InChI is InChI=1S/C3H9NO3S.Na.H/c4-2-1-3-7-8(5)6;;/h1-4H2,(H,5,6);;/q;+1;-1/p-1. The smallest absolute Gasteiger partial charge is 1.00 e. The van der Waals surface area contributed by atoms with Crippen molar-refractivity contribution >= 4 is 11.4 Å². The quantitative estimate of drug-likeness (QED) is 0.262. The van der Waals surface area contributed by atoms with Crippen LogP contribution >= 0.6 is 0 Å². The second-order valence-electron chi connectivity index (χ2n) is 1.17. The molecule has 0 aromatic heterocycles. The van der Waals surface area contributed by atoms with Crippen molar-refractivity contribution in [3.05, 3.63) is 0 Å². The zero-order chi connectivity index (χ0) is 6.41. The molecule has 1 unspecified atom stereocenters. The first-order valence-corrected chi connectivity index (χ1v) is 3.20. The molecule has 52 valence electrons. The van der Waals surface area contributed by atoms with E-state index in [1.807, 2.05) is 0 Å². The van der Waals surface area contributed by atoms with E-state index in [4.69, 9.17) is 5.73 Å². The van der Waals surface area contributed by atoms with Crippen LogP contribution in [0.4, 0.5) is 0 Å². The van der Waals surface area contributed by atoms with Gasteiger partial charge in [0.15, 0.2) is 0 Å². The van der Waals surface area contributed by atoms with Crippen LogP contribution in [0, 0.1) is 0 Å². The van der Waals surface area contributed by atoms with Crippen LogP contribution in [0.3, 0.4) is 0 Å². The zero-order valence-electron chi connectivity index (χ0n) is 6.33. The van der Waals surface area contributed by atoms with Gasteiger partial charge in [-0.25, -0.2) is 4.21 Å². The fourth-order valence-electron chi connectivity index (χ4n) is 0.210. The fourth-order valence-corrected chi connectivity index (χ4v) is 0.464. The summed E-state index contributed by atoms with van der Waals surface area (Å²) in [5, 5.41) is 0. The van der Waals surface area contributed by atoms with E-state index in [0.29, 0.717) is 13.0 Å². The van der Waals surface area contributed by atoms with Crippen molar-refractivity contribution in [1.29, 1.82) is 0 Å². The molecule has 0 saturated carbocycles. The van der Waals surface area contributed by atoms with Crippen LogP contribution in [0.2, 0.25) is 0 Å². The minimum absolute atomic E-state index is 0. The molecule has 0 aliphatic carbocycles. The molecule has 0 fully saturated rings. The van der Waals surface area contributed by atoms with Crippen molar-refractivity contribution in [3.8, 4) is 0 Å². The van der Waals surface area contributed by atoms with E-state index in [1.165, 1.54) is 0 Å². The Labute approximate surface area is 80.4 Å². The minimum atomic E-state index is -2.37. The Hall–Kier alpha value is 1.03. The van der Waals surface area contributed by atoms with Crippen molar-refractivity contribution in [2.75, 3.05) is 13.2 Å². The summed E-state index contributed by atoms with van der Waals surface area (Å²) in [6, 6.07) is 0. The topological polar surface area (TPSA) is 75.4 Å². The molecule has 0 bridgehead atoms. The van der Waals surface area contributed by atoms with Crippen molar-refractivity contribution < 1.29 is 43.9 Å². The van der Waals surface area contributed by atoms with Gasteiger partial charge >= 0.3 is 29.6 Å². The number of rotatable bonds is 4. The zero-order valence-corrected chi connectivity index (χ0v) is 8.15. The maximum Gasteiger partial charge on any atom is 1.00 e. The van der Waals surface area contributed by atoms with Gasteiger partial charge in [-0.2, -0.15) is 0 Å². The van der Waals surface area contributed by atoms with Gasteiger partial charge < -0.3 is 15.9 Å². The van der Waals surface area contributed by atoms with Crippen molar-refractivity contribution in [1.82, 2.24) is 0 Å². The SMILES string of the molecule is NCCCOS(=O)[O-].[H-].[Na+]. The van der Waals surface area contributed by atoms with Crippen molar-refractivity contribution in [3.63, 3.8) is 0 Å². The Morgan fingerprint density at radius 3 is 2.67 bits per heavy atom. The van der Waals surface area contributed by atoms with Crippen LogP contribution in [0.1, 0.15) is 7.85 Å². The Bertz CT molecular complexity index is 86.1. The van der Waals surface area contributed by atoms with E-state index in [0.717, 1.165) is 0 Å². The van der Waals surface area contributed by atoms with E-state index in [1.54, 1.807) is 0 Å². The van der Waals surface area contributed by atoms with Crippen molar-refractivity contribution in [2.45, 2.75) is 6.42 Å². The van der Waals surface area contributed by atoms with Gasteiger partial charge in [0.2, 0.25) is 0 Å². The molecule has 0 aliphatic heterocycles. The van der Waals surface area contributed by atoms with Crippen LogP contribution in [0.15, 0.2) is 0 Å². The van der Waals surface area contributed by atoms with E-state index < -0.39 is 11.4 Å². The number of nitrogens with two attached hydrogens (primary N) is 1. The first-order valence-electron chi connectivity index (χ1n) is 2.20. The molecular formula is C3H9NNaO3S-. The molecule has 0 amide bonds. The molecule has 2 N–H and O–H groups in total. The summed E-state index contributed by atoms with van der Waals surface area (Å²) in [4.78, 5) is 0. The molecule has 4 nitrogen and oxygen atoms in total. The van der Waals surface area contributed by atoms with Gasteiger partial charge in [0.1, 0.15) is 0 Å². The maximum atomic E-state index is 9.61. The third-order valence-corrected chi connectivity index (χ3v) is 0.887. The molecule has 9 heavy (non-hydrogen) atoms. The molecule has 0 heterocycles.